The molecule has 3 heteroatoms. The van der Waals surface area contributed by atoms with Gasteiger partial charge in [0.1, 0.15) is 11.6 Å². The summed E-state index contributed by atoms with van der Waals surface area (Å²) in [5, 5.41) is 3.13. The van der Waals surface area contributed by atoms with Crippen LogP contribution in [0.5, 0.6) is 0 Å². The Hall–Kier alpha value is -1.74. The Bertz CT molecular complexity index is 619. The fraction of sp³-hybridized carbons (Fsp3) is 0.333. The Labute approximate surface area is 124 Å². The molecule has 0 heterocycles. The Morgan fingerprint density at radius 3 is 2.48 bits per heavy atom. The Morgan fingerprint density at radius 2 is 1.76 bits per heavy atom. The van der Waals surface area contributed by atoms with Gasteiger partial charge >= 0.3 is 0 Å². The average molecular weight is 287 g/mol. The van der Waals surface area contributed by atoms with E-state index in [-0.39, 0.29) is 17.5 Å². The van der Waals surface area contributed by atoms with E-state index in [1.54, 1.807) is 7.05 Å². The number of fused-ring (bicyclic) bond motifs is 1. The number of nitrogens with one attached hydrogen (secondary N) is 1. The van der Waals surface area contributed by atoms with Gasteiger partial charge in [0.2, 0.25) is 0 Å². The van der Waals surface area contributed by atoms with Crippen LogP contribution in [0.2, 0.25) is 0 Å². The van der Waals surface area contributed by atoms with E-state index in [4.69, 9.17) is 0 Å². The molecule has 0 fully saturated rings. The van der Waals surface area contributed by atoms with Crippen LogP contribution in [0.4, 0.5) is 8.78 Å². The van der Waals surface area contributed by atoms with Crippen molar-refractivity contribution in [3.05, 3.63) is 70.8 Å². The van der Waals surface area contributed by atoms with Gasteiger partial charge < -0.3 is 5.32 Å². The van der Waals surface area contributed by atoms with Crippen LogP contribution >= 0.6 is 0 Å². The third-order valence-electron chi connectivity index (χ3n) is 4.44. The predicted octanol–water partition coefficient (Wildman–Crippen LogP) is 4.35. The lowest BCUT2D eigenvalue weighted by Crippen LogP contribution is -2.28. The number of aryl methyl sites for hydroxylation is 1. The summed E-state index contributed by atoms with van der Waals surface area (Å²) in [7, 11) is 1.77. The van der Waals surface area contributed by atoms with Crippen molar-refractivity contribution in [3.63, 3.8) is 0 Å². The first kappa shape index (κ1) is 14.2. The molecule has 0 aliphatic heterocycles. The van der Waals surface area contributed by atoms with Crippen molar-refractivity contribution in [2.24, 2.45) is 0 Å². The summed E-state index contributed by atoms with van der Waals surface area (Å²) < 4.78 is 28.3. The molecule has 2 aromatic rings. The van der Waals surface area contributed by atoms with Crippen LogP contribution < -0.4 is 5.32 Å². The van der Waals surface area contributed by atoms with E-state index < -0.39 is 11.6 Å². The van der Waals surface area contributed by atoms with E-state index in [2.05, 4.69) is 17.4 Å². The fourth-order valence-corrected chi connectivity index (χ4v) is 3.49. The predicted molar refractivity (Wildman–Crippen MR) is 80.3 cm³/mol. The van der Waals surface area contributed by atoms with Crippen LogP contribution in [-0.4, -0.2) is 7.05 Å². The molecule has 2 aromatic carbocycles. The maximum absolute atomic E-state index is 14.1. The van der Waals surface area contributed by atoms with E-state index >= 15 is 0 Å². The summed E-state index contributed by atoms with van der Waals surface area (Å²) in [6.07, 6.45) is 3.04. The molecule has 3 rings (SSSR count). The van der Waals surface area contributed by atoms with Crippen LogP contribution in [0, 0.1) is 11.6 Å². The molecule has 2 atom stereocenters. The summed E-state index contributed by atoms with van der Waals surface area (Å²) in [4.78, 5) is 0. The average Bonchev–Trinajstić information content (AvgIpc) is 2.51. The maximum atomic E-state index is 14.1. The first-order valence-corrected chi connectivity index (χ1v) is 7.41. The zero-order chi connectivity index (χ0) is 14.8. The highest BCUT2D eigenvalue weighted by Crippen LogP contribution is 2.41. The van der Waals surface area contributed by atoms with E-state index in [0.717, 1.165) is 19.3 Å². The number of hydrogen-bond acceptors (Lipinski definition) is 1. The second-order valence-electron chi connectivity index (χ2n) is 5.60. The first-order valence-electron chi connectivity index (χ1n) is 7.41. The molecule has 21 heavy (non-hydrogen) atoms. The highest BCUT2D eigenvalue weighted by Gasteiger charge is 2.31. The van der Waals surface area contributed by atoms with Gasteiger partial charge in [-0.3, -0.25) is 0 Å². The number of rotatable bonds is 3. The molecule has 0 saturated carbocycles. The van der Waals surface area contributed by atoms with E-state index in [1.807, 2.05) is 12.1 Å². The van der Waals surface area contributed by atoms with Crippen molar-refractivity contribution in [1.29, 1.82) is 0 Å². The van der Waals surface area contributed by atoms with Crippen LogP contribution in [0.15, 0.2) is 42.5 Å². The van der Waals surface area contributed by atoms with Gasteiger partial charge in [-0.2, -0.15) is 0 Å². The van der Waals surface area contributed by atoms with Crippen LogP contribution in [0.25, 0.3) is 0 Å². The molecule has 0 bridgehead atoms. The summed E-state index contributed by atoms with van der Waals surface area (Å²) in [5.41, 5.74) is 2.67. The van der Waals surface area contributed by atoms with E-state index in [1.165, 1.54) is 29.3 Å². The van der Waals surface area contributed by atoms with Gasteiger partial charge in [-0.25, -0.2) is 8.78 Å². The third kappa shape index (κ3) is 2.58. The minimum Gasteiger partial charge on any atom is -0.312 e. The topological polar surface area (TPSA) is 12.0 Å². The van der Waals surface area contributed by atoms with Gasteiger partial charge in [-0.1, -0.05) is 30.3 Å². The SMILES string of the molecule is CNC(c1c(F)cccc1F)C1CCCc2ccccc21. The molecular weight excluding hydrogens is 268 g/mol. The molecular formula is C18H19F2N. The third-order valence-corrected chi connectivity index (χ3v) is 4.44. The second kappa shape index (κ2) is 5.94. The Morgan fingerprint density at radius 1 is 1.05 bits per heavy atom. The molecule has 0 aromatic heterocycles. The lowest BCUT2D eigenvalue weighted by Gasteiger charge is -2.33. The summed E-state index contributed by atoms with van der Waals surface area (Å²) >= 11 is 0. The number of halogens is 2. The number of hydrogen-bond donors (Lipinski definition) is 1. The van der Waals surface area contributed by atoms with E-state index in [0.29, 0.717) is 0 Å². The lowest BCUT2D eigenvalue weighted by molar-refractivity contribution is 0.395. The van der Waals surface area contributed by atoms with Gasteiger partial charge in [0.05, 0.1) is 0 Å². The highest BCUT2D eigenvalue weighted by molar-refractivity contribution is 5.37. The maximum Gasteiger partial charge on any atom is 0.130 e. The van der Waals surface area contributed by atoms with Gasteiger partial charge in [0, 0.05) is 17.5 Å². The normalized spacial score (nSPS) is 19.1. The molecule has 1 aliphatic carbocycles. The minimum absolute atomic E-state index is 0.103. The lowest BCUT2D eigenvalue weighted by atomic mass is 9.76. The van der Waals surface area contributed by atoms with Crippen molar-refractivity contribution < 1.29 is 8.78 Å². The van der Waals surface area contributed by atoms with Gasteiger partial charge in [-0.15, -0.1) is 0 Å². The van der Waals surface area contributed by atoms with Gasteiger partial charge in [-0.05, 0) is 49.6 Å². The van der Waals surface area contributed by atoms with Crippen LogP contribution in [-0.2, 0) is 6.42 Å². The molecule has 1 N–H and O–H groups in total. The molecule has 110 valence electrons. The smallest absolute Gasteiger partial charge is 0.130 e. The zero-order valence-electron chi connectivity index (χ0n) is 12.1. The summed E-state index contributed by atoms with van der Waals surface area (Å²) in [6.45, 7) is 0. The van der Waals surface area contributed by atoms with Crippen LogP contribution in [0.3, 0.4) is 0 Å². The van der Waals surface area contributed by atoms with E-state index in [9.17, 15) is 8.78 Å². The zero-order valence-corrected chi connectivity index (χ0v) is 12.1. The molecule has 0 saturated heterocycles. The molecule has 1 aliphatic rings. The second-order valence-corrected chi connectivity index (χ2v) is 5.60. The summed E-state index contributed by atoms with van der Waals surface area (Å²) in [5.74, 6) is -0.846. The van der Waals surface area contributed by atoms with Crippen molar-refractivity contribution in [2.45, 2.75) is 31.2 Å². The van der Waals surface area contributed by atoms with Crippen LogP contribution in [0.1, 0.15) is 41.5 Å². The number of benzene rings is 2. The summed E-state index contributed by atoms with van der Waals surface area (Å²) in [6, 6.07) is 12.0. The minimum atomic E-state index is -0.475. The van der Waals surface area contributed by atoms with Crippen molar-refractivity contribution in [3.8, 4) is 0 Å². The Kier molecular flexibility index (Phi) is 4.02. The molecule has 0 spiro atoms. The van der Waals surface area contributed by atoms with Crippen molar-refractivity contribution >= 4 is 0 Å². The van der Waals surface area contributed by atoms with Crippen molar-refractivity contribution in [2.75, 3.05) is 7.05 Å². The molecule has 2 unspecified atom stereocenters. The Balaban J connectivity index is 2.06. The van der Waals surface area contributed by atoms with Gasteiger partial charge in [0.15, 0.2) is 0 Å². The monoisotopic (exact) mass is 287 g/mol. The van der Waals surface area contributed by atoms with Crippen molar-refractivity contribution in [1.82, 2.24) is 5.32 Å². The first-order chi connectivity index (χ1) is 10.2. The number of likely N-dealkylation sites (N-methyl/N-ethyl adjacent to an activating group) is 1. The quantitative estimate of drug-likeness (QED) is 0.885. The standard InChI is InChI=1S/C18H19F2N/c1-21-18(17-15(19)10-5-11-16(17)20)14-9-4-7-12-6-2-3-8-13(12)14/h2-3,5-6,8,10-11,14,18,21H,4,7,9H2,1H3. The fourth-order valence-electron chi connectivity index (χ4n) is 3.49. The molecule has 0 amide bonds. The van der Waals surface area contributed by atoms with Gasteiger partial charge in [0.25, 0.3) is 0 Å². The largest absolute Gasteiger partial charge is 0.312 e. The molecule has 0 radical (unpaired) electrons. The highest BCUT2D eigenvalue weighted by atomic mass is 19.1. The molecule has 1 nitrogen and oxygen atoms in total.